The molecule has 0 saturated carbocycles. The van der Waals surface area contributed by atoms with Crippen LogP contribution in [0.3, 0.4) is 0 Å². The molecule has 2 atom stereocenters. The monoisotopic (exact) mass is 317 g/mol. The molecular weight excluding hydrogens is 302 g/mol. The average Bonchev–Trinajstić information content (AvgIpc) is 2.51. The number of aliphatic hydroxyl groups excluding tert-OH is 1. The lowest BCUT2D eigenvalue weighted by molar-refractivity contribution is 0.0675. The fraction of sp³-hybridized carbons (Fsp3) is 0.889. The molecule has 0 unspecified atom stereocenters. The van der Waals surface area contributed by atoms with Crippen molar-refractivity contribution in [2.75, 3.05) is 37.9 Å². The minimum atomic E-state index is -3.08. The van der Waals surface area contributed by atoms with E-state index in [1.165, 1.54) is 0 Å². The minimum Gasteiger partial charge on any atom is -0.469 e. The van der Waals surface area contributed by atoms with E-state index in [0.717, 1.165) is 0 Å². The van der Waals surface area contributed by atoms with Crippen molar-refractivity contribution in [2.45, 2.75) is 11.4 Å². The average molecular weight is 318 g/mol. The quantitative estimate of drug-likeness (QED) is 0.380. The van der Waals surface area contributed by atoms with Gasteiger partial charge in [0, 0.05) is 0 Å². The van der Waals surface area contributed by atoms with Gasteiger partial charge in [0.2, 0.25) is 0 Å². The van der Waals surface area contributed by atoms with E-state index >= 15 is 0 Å². The van der Waals surface area contributed by atoms with Gasteiger partial charge in [-0.25, -0.2) is 8.42 Å². The van der Waals surface area contributed by atoms with E-state index in [2.05, 4.69) is 5.32 Å². The lowest BCUT2D eigenvalue weighted by Gasteiger charge is -2.16. The van der Waals surface area contributed by atoms with E-state index in [9.17, 15) is 8.42 Å². The largest absolute Gasteiger partial charge is 0.469 e. The molecule has 1 heterocycles. The van der Waals surface area contributed by atoms with Crippen molar-refractivity contribution in [1.29, 1.82) is 0 Å². The summed E-state index contributed by atoms with van der Waals surface area (Å²) in [4.78, 5) is 0. The molecule has 0 radical (unpaired) electrons. The van der Waals surface area contributed by atoms with Gasteiger partial charge in [0.05, 0.1) is 42.7 Å². The van der Waals surface area contributed by atoms with Gasteiger partial charge in [-0.2, -0.15) is 0 Å². The highest BCUT2D eigenvalue weighted by molar-refractivity contribution is 7.91. The number of nitrogens with one attached hydrogen (secondary N) is 1. The molecule has 1 rings (SSSR count). The Morgan fingerprint density at radius 2 is 2.11 bits per heavy atom. The third-order valence-electron chi connectivity index (χ3n) is 2.28. The van der Waals surface area contributed by atoms with Crippen LogP contribution in [0.4, 0.5) is 0 Å². The summed E-state index contributed by atoms with van der Waals surface area (Å²) in [5.41, 5.74) is 0. The normalized spacial score (nSPS) is 25.9. The molecule has 1 aliphatic rings. The Labute approximate surface area is 117 Å². The van der Waals surface area contributed by atoms with Crippen LogP contribution in [0, 0.1) is 0 Å². The second-order valence-corrected chi connectivity index (χ2v) is 6.90. The summed E-state index contributed by atoms with van der Waals surface area (Å²) in [6.07, 6.45) is 0. The van der Waals surface area contributed by atoms with Gasteiger partial charge >= 0.3 is 0 Å². The predicted molar refractivity (Wildman–Crippen MR) is 71.7 cm³/mol. The van der Waals surface area contributed by atoms with E-state index in [1.54, 1.807) is 0 Å². The third kappa shape index (κ3) is 5.66. The molecule has 2 N–H and O–H groups in total. The van der Waals surface area contributed by atoms with Crippen LogP contribution in [-0.4, -0.2) is 68.1 Å². The number of hydrogen-bond acceptors (Lipinski definition) is 6. The molecule has 106 valence electrons. The molecule has 18 heavy (non-hydrogen) atoms. The zero-order chi connectivity index (χ0) is 13.6. The van der Waals surface area contributed by atoms with Crippen LogP contribution in [0.15, 0.2) is 0 Å². The van der Waals surface area contributed by atoms with Crippen molar-refractivity contribution in [2.24, 2.45) is 0 Å². The number of aliphatic hydroxyl groups is 1. The third-order valence-corrected chi connectivity index (χ3v) is 4.89. The molecule has 9 heteroatoms. The summed E-state index contributed by atoms with van der Waals surface area (Å²) in [7, 11) is -3.08. The molecule has 0 aromatic carbocycles. The van der Waals surface area contributed by atoms with Crippen molar-refractivity contribution in [3.8, 4) is 0 Å². The number of alkyl halides is 1. The van der Waals surface area contributed by atoms with Gasteiger partial charge in [0.1, 0.15) is 6.61 Å². The number of rotatable bonds is 6. The summed E-state index contributed by atoms with van der Waals surface area (Å²) < 4.78 is 32.7. The fourth-order valence-corrected chi connectivity index (χ4v) is 4.27. The van der Waals surface area contributed by atoms with Gasteiger partial charge < -0.3 is 19.9 Å². The molecule has 1 fully saturated rings. The van der Waals surface area contributed by atoms with E-state index in [0.29, 0.717) is 6.61 Å². The molecule has 0 aromatic heterocycles. The van der Waals surface area contributed by atoms with E-state index in [4.69, 9.17) is 38.4 Å². The molecular formula is C9H16ClNO5S2. The first-order valence-corrected chi connectivity index (χ1v) is 8.07. The maximum atomic E-state index is 11.3. The number of sulfone groups is 1. The number of ether oxygens (including phenoxy) is 2. The molecule has 0 spiro atoms. The first kappa shape index (κ1) is 15.9. The standard InChI is InChI=1S/C9H16ClNO5S2/c10-7-5-18(13,14)6-8(7)11-9(17)16-4-3-15-2-1-12/h7-8,12H,1-6H2,(H,11,17)/t7-,8-/m1/s1. The lowest BCUT2D eigenvalue weighted by Crippen LogP contribution is -2.41. The molecule has 1 saturated heterocycles. The first-order valence-electron chi connectivity index (χ1n) is 5.41. The molecule has 0 aromatic rings. The Kier molecular flexibility index (Phi) is 6.58. The lowest BCUT2D eigenvalue weighted by atomic mass is 10.3. The Hall–Kier alpha value is -0.150. The van der Waals surface area contributed by atoms with Crippen molar-refractivity contribution in [1.82, 2.24) is 5.32 Å². The summed E-state index contributed by atoms with van der Waals surface area (Å²) in [6.45, 7) is 0.735. The minimum absolute atomic E-state index is 0.0360. The van der Waals surface area contributed by atoms with E-state index in [1.807, 2.05) is 0 Å². The number of thiocarbonyl (C=S) groups is 1. The second-order valence-electron chi connectivity index (χ2n) is 3.82. The molecule has 1 aliphatic heterocycles. The summed E-state index contributed by atoms with van der Waals surface area (Å²) >= 11 is 10.8. The topological polar surface area (TPSA) is 84.9 Å². The van der Waals surface area contributed by atoms with Crippen molar-refractivity contribution < 1.29 is 23.0 Å². The SMILES string of the molecule is O=S1(=O)C[C@@H](Cl)[C@H](NC(=S)OCCOCCO)C1. The highest BCUT2D eigenvalue weighted by atomic mass is 35.5. The van der Waals surface area contributed by atoms with Crippen molar-refractivity contribution in [3.63, 3.8) is 0 Å². The van der Waals surface area contributed by atoms with Crippen LogP contribution in [0.2, 0.25) is 0 Å². The number of hydrogen-bond donors (Lipinski definition) is 2. The Balaban J connectivity index is 2.20. The Morgan fingerprint density at radius 3 is 2.67 bits per heavy atom. The van der Waals surface area contributed by atoms with Crippen LogP contribution in [0.1, 0.15) is 0 Å². The maximum Gasteiger partial charge on any atom is 0.257 e. The van der Waals surface area contributed by atoms with Gasteiger partial charge in [-0.05, 0) is 12.2 Å². The summed E-state index contributed by atoms with van der Waals surface area (Å²) in [6, 6.07) is -0.414. The van der Waals surface area contributed by atoms with Crippen LogP contribution in [0.25, 0.3) is 0 Å². The van der Waals surface area contributed by atoms with Gasteiger partial charge in [0.25, 0.3) is 5.17 Å². The molecule has 0 aliphatic carbocycles. The predicted octanol–water partition coefficient (Wildman–Crippen LogP) is -0.709. The smallest absolute Gasteiger partial charge is 0.257 e. The molecule has 0 bridgehead atoms. The van der Waals surface area contributed by atoms with Crippen LogP contribution >= 0.6 is 23.8 Å². The van der Waals surface area contributed by atoms with E-state index < -0.39 is 21.3 Å². The van der Waals surface area contributed by atoms with Crippen LogP contribution in [-0.2, 0) is 19.3 Å². The van der Waals surface area contributed by atoms with Gasteiger partial charge in [-0.15, -0.1) is 11.6 Å². The zero-order valence-electron chi connectivity index (χ0n) is 9.67. The van der Waals surface area contributed by atoms with Crippen LogP contribution in [0.5, 0.6) is 0 Å². The van der Waals surface area contributed by atoms with Gasteiger partial charge in [-0.3, -0.25) is 0 Å². The van der Waals surface area contributed by atoms with Crippen molar-refractivity contribution in [3.05, 3.63) is 0 Å². The summed E-state index contributed by atoms with van der Waals surface area (Å²) in [5, 5.41) is 10.8. The fourth-order valence-electron chi connectivity index (χ4n) is 1.49. The number of halogens is 1. The highest BCUT2D eigenvalue weighted by Crippen LogP contribution is 2.17. The summed E-state index contributed by atoms with van der Waals surface area (Å²) in [5.74, 6) is -0.0832. The second kappa shape index (κ2) is 7.44. The molecule has 0 amide bonds. The Morgan fingerprint density at radius 1 is 1.39 bits per heavy atom. The zero-order valence-corrected chi connectivity index (χ0v) is 12.1. The van der Waals surface area contributed by atoms with Gasteiger partial charge in [0.15, 0.2) is 9.84 Å². The first-order chi connectivity index (χ1) is 8.44. The van der Waals surface area contributed by atoms with Crippen LogP contribution < -0.4 is 5.32 Å². The van der Waals surface area contributed by atoms with Crippen molar-refractivity contribution >= 4 is 38.8 Å². The Bertz CT molecular complexity index is 375. The maximum absolute atomic E-state index is 11.3. The molecule has 6 nitrogen and oxygen atoms in total. The van der Waals surface area contributed by atoms with E-state index in [-0.39, 0.29) is 36.5 Å². The van der Waals surface area contributed by atoms with Gasteiger partial charge in [-0.1, -0.05) is 0 Å². The highest BCUT2D eigenvalue weighted by Gasteiger charge is 2.36.